The van der Waals surface area contributed by atoms with Crippen molar-refractivity contribution in [2.45, 2.75) is 89.6 Å². The first kappa shape index (κ1) is 18.7. The van der Waals surface area contributed by atoms with Gasteiger partial charge in [-0.2, -0.15) is 0 Å². The van der Waals surface area contributed by atoms with Gasteiger partial charge >= 0.3 is 0 Å². The molecule has 0 unspecified atom stereocenters. The molecule has 4 rings (SSSR count). The van der Waals surface area contributed by atoms with Gasteiger partial charge in [-0.1, -0.05) is 38.5 Å². The first-order valence-electron chi connectivity index (χ1n) is 10.5. The molecule has 0 aromatic carbocycles. The second-order valence-electron chi connectivity index (χ2n) is 8.03. The van der Waals surface area contributed by atoms with Crippen LogP contribution in [0, 0.1) is 0 Å². The maximum atomic E-state index is 13.1. The fraction of sp³-hybridized carbons (Fsp3) is 0.667. The van der Waals surface area contributed by atoms with Crippen molar-refractivity contribution in [1.82, 2.24) is 14.9 Å². The fourth-order valence-corrected chi connectivity index (χ4v) is 5.72. The van der Waals surface area contributed by atoms with Gasteiger partial charge in [0.1, 0.15) is 11.4 Å². The van der Waals surface area contributed by atoms with Crippen molar-refractivity contribution in [3.8, 4) is 0 Å². The summed E-state index contributed by atoms with van der Waals surface area (Å²) in [6, 6.07) is 0.252. The number of hydrogen-bond acceptors (Lipinski definition) is 4. The Morgan fingerprint density at radius 1 is 1.07 bits per heavy atom. The summed E-state index contributed by atoms with van der Waals surface area (Å²) in [6.45, 7) is 0.0723. The number of fused-ring (bicyclic) bond motifs is 3. The number of hydrogen-bond donors (Lipinski definition) is 1. The molecule has 2 heterocycles. The summed E-state index contributed by atoms with van der Waals surface area (Å²) in [5.74, 6) is -0.0647. The van der Waals surface area contributed by atoms with E-state index in [0.717, 1.165) is 42.3 Å². The third-order valence-corrected chi connectivity index (χ3v) is 7.18. The van der Waals surface area contributed by atoms with Crippen LogP contribution in [0.4, 0.5) is 0 Å². The lowest BCUT2D eigenvalue weighted by Gasteiger charge is -2.21. The summed E-state index contributed by atoms with van der Waals surface area (Å²) in [7, 11) is 0. The molecule has 2 aliphatic rings. The Kier molecular flexibility index (Phi) is 5.91. The van der Waals surface area contributed by atoms with E-state index in [1.54, 1.807) is 17.7 Å². The van der Waals surface area contributed by atoms with E-state index in [9.17, 15) is 9.59 Å². The van der Waals surface area contributed by atoms with E-state index < -0.39 is 0 Å². The average Bonchev–Trinajstić information content (AvgIpc) is 2.82. The van der Waals surface area contributed by atoms with E-state index in [0.29, 0.717) is 0 Å². The summed E-state index contributed by atoms with van der Waals surface area (Å²) in [5, 5.41) is 3.91. The van der Waals surface area contributed by atoms with Gasteiger partial charge in [0.05, 0.1) is 11.7 Å². The zero-order valence-electron chi connectivity index (χ0n) is 16.0. The van der Waals surface area contributed by atoms with E-state index in [1.165, 1.54) is 60.0 Å². The molecule has 146 valence electrons. The van der Waals surface area contributed by atoms with Gasteiger partial charge in [0.2, 0.25) is 5.91 Å². The maximum Gasteiger partial charge on any atom is 0.262 e. The Morgan fingerprint density at radius 2 is 1.78 bits per heavy atom. The number of rotatable bonds is 3. The van der Waals surface area contributed by atoms with Crippen molar-refractivity contribution < 1.29 is 4.79 Å². The molecule has 2 aliphatic carbocycles. The average molecular weight is 388 g/mol. The van der Waals surface area contributed by atoms with Gasteiger partial charge in [0.15, 0.2) is 0 Å². The second-order valence-corrected chi connectivity index (χ2v) is 9.12. The van der Waals surface area contributed by atoms with Crippen LogP contribution in [0.5, 0.6) is 0 Å². The van der Waals surface area contributed by atoms with Crippen LogP contribution < -0.4 is 10.9 Å². The minimum Gasteiger partial charge on any atom is -0.352 e. The smallest absolute Gasteiger partial charge is 0.262 e. The molecular weight excluding hydrogens is 358 g/mol. The first-order valence-corrected chi connectivity index (χ1v) is 11.3. The minimum absolute atomic E-state index is 0.0489. The first-order chi connectivity index (χ1) is 13.2. The largest absolute Gasteiger partial charge is 0.352 e. The number of amides is 1. The van der Waals surface area contributed by atoms with Crippen molar-refractivity contribution >= 4 is 27.5 Å². The lowest BCUT2D eigenvalue weighted by Crippen LogP contribution is -2.39. The number of aryl methyl sites for hydroxylation is 2. The normalized spacial score (nSPS) is 19.1. The molecule has 1 N–H and O–H groups in total. The van der Waals surface area contributed by atoms with Crippen molar-refractivity contribution in [2.75, 3.05) is 0 Å². The van der Waals surface area contributed by atoms with Crippen LogP contribution in [0.15, 0.2) is 11.1 Å². The molecule has 0 atom stereocenters. The predicted octanol–water partition coefficient (Wildman–Crippen LogP) is 3.96. The number of nitrogens with one attached hydrogen (secondary N) is 1. The Balaban J connectivity index is 1.51. The highest BCUT2D eigenvalue weighted by molar-refractivity contribution is 7.18. The molecule has 2 aromatic heterocycles. The maximum absolute atomic E-state index is 13.1. The summed E-state index contributed by atoms with van der Waals surface area (Å²) >= 11 is 1.66. The van der Waals surface area contributed by atoms with Gasteiger partial charge in [0, 0.05) is 10.9 Å². The quantitative estimate of drug-likeness (QED) is 0.811. The van der Waals surface area contributed by atoms with E-state index in [1.807, 2.05) is 0 Å². The number of thiophene rings is 1. The van der Waals surface area contributed by atoms with E-state index in [4.69, 9.17) is 0 Å². The standard InChI is InChI=1S/C21H29N3O2S/c25-18(23-15-9-5-2-1-3-6-10-15)13-24-14-22-20-19(21(24)26)16-11-7-4-8-12-17(16)27-20/h14-15H,1-13H2,(H,23,25). The van der Waals surface area contributed by atoms with Crippen molar-refractivity contribution in [3.05, 3.63) is 27.1 Å². The van der Waals surface area contributed by atoms with Gasteiger partial charge < -0.3 is 5.32 Å². The van der Waals surface area contributed by atoms with E-state index in [2.05, 4.69) is 10.3 Å². The zero-order chi connectivity index (χ0) is 18.6. The highest BCUT2D eigenvalue weighted by atomic mass is 32.1. The van der Waals surface area contributed by atoms with Crippen molar-refractivity contribution in [1.29, 1.82) is 0 Å². The molecule has 0 aliphatic heterocycles. The SMILES string of the molecule is O=C(Cn1cnc2sc3c(c2c1=O)CCCCC3)NC1CCCCCCC1. The summed E-state index contributed by atoms with van der Waals surface area (Å²) in [4.78, 5) is 32.3. The highest BCUT2D eigenvalue weighted by Crippen LogP contribution is 2.32. The lowest BCUT2D eigenvalue weighted by atomic mass is 9.97. The lowest BCUT2D eigenvalue weighted by molar-refractivity contribution is -0.122. The molecule has 27 heavy (non-hydrogen) atoms. The number of carbonyl (C=O) groups excluding carboxylic acids is 1. The number of nitrogens with zero attached hydrogens (tertiary/aromatic N) is 2. The minimum atomic E-state index is -0.0647. The molecule has 6 heteroatoms. The summed E-state index contributed by atoms with van der Waals surface area (Å²) in [6.07, 6.45) is 15.4. The molecule has 1 saturated carbocycles. The highest BCUT2D eigenvalue weighted by Gasteiger charge is 2.20. The van der Waals surface area contributed by atoms with Crippen LogP contribution in [-0.2, 0) is 24.2 Å². The van der Waals surface area contributed by atoms with Crippen LogP contribution in [0.1, 0.15) is 74.6 Å². The van der Waals surface area contributed by atoms with Gasteiger partial charge in [0.25, 0.3) is 5.56 Å². The van der Waals surface area contributed by atoms with Gasteiger partial charge in [-0.15, -0.1) is 11.3 Å². The molecule has 1 amide bonds. The van der Waals surface area contributed by atoms with Crippen LogP contribution in [0.25, 0.3) is 10.2 Å². The van der Waals surface area contributed by atoms with Crippen molar-refractivity contribution in [3.63, 3.8) is 0 Å². The van der Waals surface area contributed by atoms with Crippen molar-refractivity contribution in [2.24, 2.45) is 0 Å². The predicted molar refractivity (Wildman–Crippen MR) is 109 cm³/mol. The number of aromatic nitrogens is 2. The number of carbonyl (C=O) groups is 1. The van der Waals surface area contributed by atoms with Crippen LogP contribution in [0.2, 0.25) is 0 Å². The summed E-state index contributed by atoms with van der Waals surface area (Å²) in [5.41, 5.74) is 1.15. The Morgan fingerprint density at radius 3 is 2.59 bits per heavy atom. The molecule has 0 radical (unpaired) electrons. The molecule has 1 fully saturated rings. The van der Waals surface area contributed by atoms with Crippen LogP contribution in [-0.4, -0.2) is 21.5 Å². The van der Waals surface area contributed by atoms with E-state index in [-0.39, 0.29) is 24.1 Å². The molecule has 5 nitrogen and oxygen atoms in total. The van der Waals surface area contributed by atoms with Gasteiger partial charge in [-0.05, 0) is 44.1 Å². The second kappa shape index (κ2) is 8.55. The van der Waals surface area contributed by atoms with E-state index >= 15 is 0 Å². The van der Waals surface area contributed by atoms with Gasteiger partial charge in [-0.25, -0.2) is 4.98 Å². The topological polar surface area (TPSA) is 64.0 Å². The third-order valence-electron chi connectivity index (χ3n) is 5.98. The molecular formula is C21H29N3O2S. The molecule has 2 aromatic rings. The van der Waals surface area contributed by atoms with Crippen LogP contribution in [0.3, 0.4) is 0 Å². The Bertz CT molecular complexity index is 862. The third kappa shape index (κ3) is 4.26. The Labute approximate surface area is 164 Å². The molecule has 0 saturated heterocycles. The zero-order valence-corrected chi connectivity index (χ0v) is 16.8. The fourth-order valence-electron chi connectivity index (χ4n) is 4.50. The van der Waals surface area contributed by atoms with Crippen LogP contribution >= 0.6 is 11.3 Å². The molecule has 0 bridgehead atoms. The Hall–Kier alpha value is -1.69. The monoisotopic (exact) mass is 387 g/mol. The van der Waals surface area contributed by atoms with Gasteiger partial charge in [-0.3, -0.25) is 14.2 Å². The summed E-state index contributed by atoms with van der Waals surface area (Å²) < 4.78 is 1.50. The molecule has 0 spiro atoms.